The molecule has 1 unspecified atom stereocenters. The molecule has 2 fully saturated rings. The molecule has 15 heteroatoms. The van der Waals surface area contributed by atoms with Gasteiger partial charge in [-0.3, -0.25) is 14.3 Å². The van der Waals surface area contributed by atoms with Gasteiger partial charge in [0.15, 0.2) is 11.6 Å². The second-order valence-corrected chi connectivity index (χ2v) is 17.7. The van der Waals surface area contributed by atoms with Crippen molar-refractivity contribution in [2.75, 3.05) is 25.5 Å². The zero-order chi connectivity index (χ0) is 38.1. The Morgan fingerprint density at radius 1 is 1.13 bits per heavy atom. The summed E-state index contributed by atoms with van der Waals surface area (Å²) in [5.74, 6) is -0.897. The van der Waals surface area contributed by atoms with Gasteiger partial charge in [0.25, 0.3) is 0 Å². The first-order valence-corrected chi connectivity index (χ1v) is 19.4. The summed E-state index contributed by atoms with van der Waals surface area (Å²) in [7, 11) is -4.25. The average Bonchev–Trinajstić information content (AvgIpc) is 3.70. The largest absolute Gasteiger partial charge is 0.465 e. The number of nitrogens with one attached hydrogen (secondary N) is 1. The van der Waals surface area contributed by atoms with Crippen molar-refractivity contribution in [2.24, 2.45) is 10.4 Å². The lowest BCUT2D eigenvalue weighted by Gasteiger charge is -2.33. The quantitative estimate of drug-likeness (QED) is 0.0990. The summed E-state index contributed by atoms with van der Waals surface area (Å²) >= 11 is 0. The standard InChI is InChI=1S/C37H55N6O8P/c1-11-35(6,7)18-19-46-33(44)24(2)42-52(45,51-27-15-12-25(13-16-27)34(3,4)5)47-21-29-30-31(50-36(8,9)49-30)37(48-29,22-39-10)20-26-14-17-28-32(38)40-23-41-43(26)28/h12-17,23-24,29-31H,10-11,18-22H2,1-9H3,(H,42,45)(H2,38,40,41)/t24-,29+,30+,31+,37+,52?/m0/s1. The van der Waals surface area contributed by atoms with Gasteiger partial charge in [-0.05, 0) is 74.6 Å². The van der Waals surface area contributed by atoms with E-state index in [0.29, 0.717) is 29.9 Å². The number of fused-ring (bicyclic) bond motifs is 2. The molecule has 5 rings (SSSR count). The van der Waals surface area contributed by atoms with Crippen molar-refractivity contribution in [3.05, 3.63) is 54.0 Å². The van der Waals surface area contributed by atoms with E-state index >= 15 is 0 Å². The van der Waals surface area contributed by atoms with Gasteiger partial charge in [0.05, 0.1) is 19.8 Å². The maximum atomic E-state index is 14.6. The number of ether oxygens (including phenoxy) is 4. The summed E-state index contributed by atoms with van der Waals surface area (Å²) in [5, 5.41) is 7.21. The first kappa shape index (κ1) is 39.8. The van der Waals surface area contributed by atoms with E-state index in [0.717, 1.165) is 17.7 Å². The monoisotopic (exact) mass is 742 g/mol. The predicted octanol–water partition coefficient (Wildman–Crippen LogP) is 6.06. The van der Waals surface area contributed by atoms with Crippen molar-refractivity contribution in [1.82, 2.24) is 19.7 Å². The summed E-state index contributed by atoms with van der Waals surface area (Å²) in [6.45, 7) is 21.7. The molecule has 52 heavy (non-hydrogen) atoms. The van der Waals surface area contributed by atoms with Gasteiger partial charge >= 0.3 is 13.7 Å². The normalized spacial score (nSPS) is 24.7. The number of nitrogens with two attached hydrogens (primary N) is 1. The fourth-order valence-electron chi connectivity index (χ4n) is 6.43. The molecule has 3 aromatic rings. The predicted molar refractivity (Wildman–Crippen MR) is 199 cm³/mol. The van der Waals surface area contributed by atoms with Gasteiger partial charge in [-0.2, -0.15) is 10.2 Å². The Bertz CT molecular complexity index is 1770. The number of esters is 1. The second kappa shape index (κ2) is 15.2. The molecule has 2 aromatic heterocycles. The number of anilines is 1. The van der Waals surface area contributed by atoms with Crippen molar-refractivity contribution >= 4 is 31.8 Å². The van der Waals surface area contributed by atoms with Crippen LogP contribution in [0, 0.1) is 5.41 Å². The van der Waals surface area contributed by atoms with E-state index in [4.69, 9.17) is 33.7 Å². The maximum absolute atomic E-state index is 14.6. The zero-order valence-electron chi connectivity index (χ0n) is 31.9. The minimum Gasteiger partial charge on any atom is -0.465 e. The van der Waals surface area contributed by atoms with Crippen LogP contribution in [0.15, 0.2) is 47.7 Å². The molecule has 1 aromatic carbocycles. The molecule has 2 aliphatic rings. The molecule has 3 N–H and O–H groups in total. The third-order valence-corrected chi connectivity index (χ3v) is 11.5. The molecule has 0 spiro atoms. The number of nitrogen functional groups attached to an aromatic ring is 1. The van der Waals surface area contributed by atoms with Gasteiger partial charge in [0.1, 0.15) is 47.5 Å². The van der Waals surface area contributed by atoms with Gasteiger partial charge < -0.3 is 29.2 Å². The average molecular weight is 743 g/mol. The Labute approximate surface area is 306 Å². The SMILES string of the molecule is C=NC[C@@]1(Cc2ccc3c(N)ncnn23)O[C@H](COP(=O)(N[C@@H](C)C(=O)OCCC(C)(C)CC)Oc2ccc(C(C)(C)C)cc2)[C@H]2OC(C)(C)O[C@H]21. The van der Waals surface area contributed by atoms with Crippen LogP contribution in [-0.2, 0) is 44.7 Å². The number of carbonyl (C=O) groups excluding carboxylic acids is 1. The Balaban J connectivity index is 1.39. The Hall–Kier alpha value is -3.39. The lowest BCUT2D eigenvalue weighted by Crippen LogP contribution is -2.48. The fourth-order valence-corrected chi connectivity index (χ4v) is 7.93. The van der Waals surface area contributed by atoms with E-state index in [9.17, 15) is 9.36 Å². The van der Waals surface area contributed by atoms with E-state index in [2.05, 4.69) is 68.4 Å². The number of aliphatic imine (C=N–C) groups is 1. The van der Waals surface area contributed by atoms with Crippen molar-refractivity contribution in [1.29, 1.82) is 0 Å². The molecule has 4 heterocycles. The number of hydrogen-bond acceptors (Lipinski definition) is 12. The second-order valence-electron chi connectivity index (χ2n) is 16.0. The van der Waals surface area contributed by atoms with Gasteiger partial charge in [0, 0.05) is 12.1 Å². The topological polar surface area (TPSA) is 170 Å². The molecular weight excluding hydrogens is 687 g/mol. The molecule has 6 atom stereocenters. The van der Waals surface area contributed by atoms with Gasteiger partial charge in [0.2, 0.25) is 0 Å². The van der Waals surface area contributed by atoms with Crippen LogP contribution >= 0.6 is 7.75 Å². The van der Waals surface area contributed by atoms with Crippen molar-refractivity contribution in [3.8, 4) is 5.75 Å². The first-order valence-electron chi connectivity index (χ1n) is 17.8. The lowest BCUT2D eigenvalue weighted by atomic mass is 9.87. The molecule has 286 valence electrons. The summed E-state index contributed by atoms with van der Waals surface area (Å²) in [6, 6.07) is 9.99. The molecule has 0 saturated carbocycles. The van der Waals surface area contributed by atoms with Crippen LogP contribution in [0.1, 0.15) is 86.4 Å². The molecule has 0 aliphatic carbocycles. The number of benzene rings is 1. The molecule has 2 saturated heterocycles. The maximum Gasteiger partial charge on any atom is 0.459 e. The molecule has 0 radical (unpaired) electrons. The summed E-state index contributed by atoms with van der Waals surface area (Å²) in [6.07, 6.45) is 1.31. The van der Waals surface area contributed by atoms with Crippen molar-refractivity contribution < 1.29 is 37.4 Å². The van der Waals surface area contributed by atoms with Crippen molar-refractivity contribution in [3.63, 3.8) is 0 Å². The minimum atomic E-state index is -4.25. The van der Waals surface area contributed by atoms with Crippen LogP contribution < -0.4 is 15.3 Å². The van der Waals surface area contributed by atoms with Crippen LogP contribution in [0.3, 0.4) is 0 Å². The Morgan fingerprint density at radius 2 is 1.85 bits per heavy atom. The summed E-state index contributed by atoms with van der Waals surface area (Å²) < 4.78 is 53.7. The molecule has 0 amide bonds. The van der Waals surface area contributed by atoms with Gasteiger partial charge in [-0.1, -0.05) is 60.1 Å². The highest BCUT2D eigenvalue weighted by molar-refractivity contribution is 7.52. The zero-order valence-corrected chi connectivity index (χ0v) is 32.8. The van der Waals surface area contributed by atoms with Crippen LogP contribution in [-0.4, -0.2) is 82.8 Å². The van der Waals surface area contributed by atoms with Crippen LogP contribution in [0.25, 0.3) is 5.52 Å². The number of aromatic nitrogens is 3. The van der Waals surface area contributed by atoms with Crippen LogP contribution in [0.4, 0.5) is 5.82 Å². The number of hydrogen-bond donors (Lipinski definition) is 2. The van der Waals surface area contributed by atoms with Gasteiger partial charge in [-0.25, -0.2) is 14.1 Å². The van der Waals surface area contributed by atoms with E-state index in [1.807, 2.05) is 38.1 Å². The summed E-state index contributed by atoms with van der Waals surface area (Å²) in [4.78, 5) is 21.4. The Morgan fingerprint density at radius 3 is 2.50 bits per heavy atom. The number of carbonyl (C=O) groups is 1. The van der Waals surface area contributed by atoms with Gasteiger partial charge in [-0.15, -0.1) is 0 Å². The van der Waals surface area contributed by atoms with Crippen LogP contribution in [0.5, 0.6) is 5.75 Å². The highest BCUT2D eigenvalue weighted by Crippen LogP contribution is 2.50. The molecule has 14 nitrogen and oxygen atoms in total. The van der Waals surface area contributed by atoms with E-state index in [-0.39, 0.29) is 30.6 Å². The van der Waals surface area contributed by atoms with E-state index < -0.39 is 49.5 Å². The third-order valence-electron chi connectivity index (χ3n) is 9.86. The fraction of sp³-hybridized carbons (Fsp3) is 0.622. The highest BCUT2D eigenvalue weighted by atomic mass is 31.2. The van der Waals surface area contributed by atoms with Crippen LogP contribution in [0.2, 0.25) is 0 Å². The van der Waals surface area contributed by atoms with Crippen molar-refractivity contribution in [2.45, 2.75) is 123 Å². The molecule has 0 bridgehead atoms. The van der Waals surface area contributed by atoms with E-state index in [1.54, 1.807) is 23.6 Å². The number of nitrogens with zero attached hydrogens (tertiary/aromatic N) is 4. The molecule has 2 aliphatic heterocycles. The lowest BCUT2D eigenvalue weighted by molar-refractivity contribution is -0.209. The summed E-state index contributed by atoms with van der Waals surface area (Å²) in [5.41, 5.74) is 7.46. The number of rotatable bonds is 16. The Kier molecular flexibility index (Phi) is 11.6. The third kappa shape index (κ3) is 9.03. The smallest absolute Gasteiger partial charge is 0.459 e. The van der Waals surface area contributed by atoms with E-state index in [1.165, 1.54) is 6.33 Å². The molecular formula is C37H55N6O8P. The highest BCUT2D eigenvalue weighted by Gasteiger charge is 2.63. The minimum absolute atomic E-state index is 0.0173. The first-order chi connectivity index (χ1) is 24.3.